The zero-order valence-corrected chi connectivity index (χ0v) is 16.6. The van der Waals surface area contributed by atoms with Crippen LogP contribution in [0.4, 0.5) is 0 Å². The van der Waals surface area contributed by atoms with E-state index in [4.69, 9.17) is 9.47 Å². The van der Waals surface area contributed by atoms with Gasteiger partial charge in [0.25, 0.3) is 5.91 Å². The van der Waals surface area contributed by atoms with Crippen LogP contribution in [0.15, 0.2) is 60.3 Å². The van der Waals surface area contributed by atoms with Crippen molar-refractivity contribution in [2.24, 2.45) is 0 Å². The Kier molecular flexibility index (Phi) is 7.46. The van der Waals surface area contributed by atoms with Crippen molar-refractivity contribution < 1.29 is 14.3 Å². The third kappa shape index (κ3) is 5.52. The fourth-order valence-electron chi connectivity index (χ4n) is 2.76. The second-order valence-corrected chi connectivity index (χ2v) is 6.36. The van der Waals surface area contributed by atoms with Crippen molar-refractivity contribution in [3.8, 4) is 17.6 Å². The fourth-order valence-corrected chi connectivity index (χ4v) is 2.76. The highest BCUT2D eigenvalue weighted by Crippen LogP contribution is 2.29. The molecular formula is C22H25N3O3. The van der Waals surface area contributed by atoms with Crippen molar-refractivity contribution in [1.82, 2.24) is 10.2 Å². The number of hydrogen-bond donors (Lipinski definition) is 1. The van der Waals surface area contributed by atoms with E-state index >= 15 is 0 Å². The summed E-state index contributed by atoms with van der Waals surface area (Å²) >= 11 is 0. The molecule has 146 valence electrons. The summed E-state index contributed by atoms with van der Waals surface area (Å²) in [5, 5.41) is 12.3. The Morgan fingerprint density at radius 1 is 1.18 bits per heavy atom. The Hall–Kier alpha value is -3.46. The SMILES string of the molecule is COc1ccc(C(C)NC(=O)/C(C#N)=C\N(C)Cc2ccccc2)cc1OC. The van der Waals surface area contributed by atoms with E-state index in [0.717, 1.165) is 11.1 Å². The summed E-state index contributed by atoms with van der Waals surface area (Å²) in [6.45, 7) is 2.45. The maximum absolute atomic E-state index is 12.5. The number of nitriles is 1. The summed E-state index contributed by atoms with van der Waals surface area (Å²) in [7, 11) is 4.96. The van der Waals surface area contributed by atoms with E-state index in [9.17, 15) is 10.1 Å². The van der Waals surface area contributed by atoms with Crippen molar-refractivity contribution in [3.05, 3.63) is 71.4 Å². The van der Waals surface area contributed by atoms with Gasteiger partial charge in [-0.2, -0.15) is 5.26 Å². The van der Waals surface area contributed by atoms with Crippen LogP contribution in [0.25, 0.3) is 0 Å². The minimum absolute atomic E-state index is 0.0470. The Balaban J connectivity index is 2.07. The number of benzene rings is 2. The van der Waals surface area contributed by atoms with Gasteiger partial charge in [0.05, 0.1) is 20.3 Å². The number of ether oxygens (including phenoxy) is 2. The lowest BCUT2D eigenvalue weighted by atomic mass is 10.1. The minimum Gasteiger partial charge on any atom is -0.493 e. The van der Waals surface area contributed by atoms with Crippen LogP contribution in [0.2, 0.25) is 0 Å². The van der Waals surface area contributed by atoms with Crippen LogP contribution in [0.1, 0.15) is 24.1 Å². The molecule has 2 aromatic rings. The number of rotatable bonds is 8. The van der Waals surface area contributed by atoms with Gasteiger partial charge in [0, 0.05) is 19.8 Å². The summed E-state index contributed by atoms with van der Waals surface area (Å²) in [5.41, 5.74) is 1.99. The van der Waals surface area contributed by atoms with E-state index in [1.807, 2.05) is 61.3 Å². The van der Waals surface area contributed by atoms with Crippen LogP contribution in [-0.4, -0.2) is 32.1 Å². The Bertz CT molecular complexity index is 872. The second kappa shape index (κ2) is 10.0. The first-order chi connectivity index (χ1) is 13.5. The predicted octanol–water partition coefficient (Wildman–Crippen LogP) is 3.42. The van der Waals surface area contributed by atoms with E-state index < -0.39 is 5.91 Å². The van der Waals surface area contributed by atoms with Gasteiger partial charge >= 0.3 is 0 Å². The van der Waals surface area contributed by atoms with Crippen LogP contribution in [-0.2, 0) is 11.3 Å². The first-order valence-electron chi connectivity index (χ1n) is 8.87. The molecule has 0 fully saturated rings. The molecule has 0 radical (unpaired) electrons. The van der Waals surface area contributed by atoms with Crippen LogP contribution < -0.4 is 14.8 Å². The first-order valence-corrected chi connectivity index (χ1v) is 8.87. The fraction of sp³-hybridized carbons (Fsp3) is 0.273. The average molecular weight is 379 g/mol. The van der Waals surface area contributed by atoms with Gasteiger partial charge in [-0.3, -0.25) is 4.79 Å². The number of carbonyl (C=O) groups is 1. The summed E-state index contributed by atoms with van der Waals surface area (Å²) in [6, 6.07) is 17.0. The molecule has 28 heavy (non-hydrogen) atoms. The molecule has 2 aromatic carbocycles. The largest absolute Gasteiger partial charge is 0.493 e. The molecular weight excluding hydrogens is 354 g/mol. The smallest absolute Gasteiger partial charge is 0.263 e. The molecule has 0 bridgehead atoms. The minimum atomic E-state index is -0.426. The van der Waals surface area contributed by atoms with Gasteiger partial charge in [0.1, 0.15) is 11.6 Å². The standard InChI is InChI=1S/C22H25N3O3/c1-16(18-10-11-20(27-3)21(12-18)28-4)24-22(26)19(13-23)15-25(2)14-17-8-6-5-7-9-17/h5-12,15-16H,14H2,1-4H3,(H,24,26)/b19-15-. The predicted molar refractivity (Wildman–Crippen MR) is 108 cm³/mol. The molecule has 1 unspecified atom stereocenters. The van der Waals surface area contributed by atoms with Gasteiger partial charge in [-0.15, -0.1) is 0 Å². The van der Waals surface area contributed by atoms with Gasteiger partial charge in [-0.05, 0) is 30.2 Å². The van der Waals surface area contributed by atoms with Gasteiger partial charge in [-0.1, -0.05) is 36.4 Å². The molecule has 0 aliphatic rings. The van der Waals surface area contributed by atoms with E-state index in [-0.39, 0.29) is 11.6 Å². The molecule has 0 aromatic heterocycles. The quantitative estimate of drug-likeness (QED) is 0.562. The van der Waals surface area contributed by atoms with Gasteiger partial charge < -0.3 is 19.7 Å². The molecule has 6 heteroatoms. The number of amides is 1. The molecule has 0 saturated heterocycles. The van der Waals surface area contributed by atoms with Crippen molar-refractivity contribution in [1.29, 1.82) is 5.26 Å². The lowest BCUT2D eigenvalue weighted by molar-refractivity contribution is -0.117. The Labute approximate surface area is 166 Å². The van der Waals surface area contributed by atoms with Crippen LogP contribution >= 0.6 is 0 Å². The Morgan fingerprint density at radius 2 is 1.86 bits per heavy atom. The zero-order valence-electron chi connectivity index (χ0n) is 16.6. The number of carbonyl (C=O) groups excluding carboxylic acids is 1. The second-order valence-electron chi connectivity index (χ2n) is 6.36. The number of nitrogens with one attached hydrogen (secondary N) is 1. The first kappa shape index (κ1) is 20.8. The average Bonchev–Trinajstić information content (AvgIpc) is 2.71. The van der Waals surface area contributed by atoms with Crippen LogP contribution in [0.5, 0.6) is 11.5 Å². The molecule has 1 atom stereocenters. The summed E-state index contributed by atoms with van der Waals surface area (Å²) < 4.78 is 10.5. The molecule has 1 N–H and O–H groups in total. The van der Waals surface area contributed by atoms with Crippen LogP contribution in [0.3, 0.4) is 0 Å². The Morgan fingerprint density at radius 3 is 2.46 bits per heavy atom. The summed E-state index contributed by atoms with van der Waals surface area (Å²) in [4.78, 5) is 14.4. The van der Waals surface area contributed by atoms with Crippen molar-refractivity contribution in [2.75, 3.05) is 21.3 Å². The monoisotopic (exact) mass is 379 g/mol. The van der Waals surface area contributed by atoms with Crippen molar-refractivity contribution >= 4 is 5.91 Å². The van der Waals surface area contributed by atoms with E-state index in [1.54, 1.807) is 32.6 Å². The molecule has 1 amide bonds. The zero-order chi connectivity index (χ0) is 20.5. The van der Waals surface area contributed by atoms with Crippen LogP contribution in [0, 0.1) is 11.3 Å². The number of methoxy groups -OCH3 is 2. The highest BCUT2D eigenvalue weighted by molar-refractivity contribution is 5.97. The number of hydrogen-bond acceptors (Lipinski definition) is 5. The third-order valence-corrected chi connectivity index (χ3v) is 4.24. The van der Waals surface area contributed by atoms with Crippen molar-refractivity contribution in [3.63, 3.8) is 0 Å². The lowest BCUT2D eigenvalue weighted by Gasteiger charge is -2.18. The highest BCUT2D eigenvalue weighted by atomic mass is 16.5. The molecule has 6 nitrogen and oxygen atoms in total. The summed E-state index contributed by atoms with van der Waals surface area (Å²) in [6.07, 6.45) is 1.56. The van der Waals surface area contributed by atoms with Gasteiger partial charge in [0.15, 0.2) is 11.5 Å². The molecule has 2 rings (SSSR count). The molecule has 0 aliphatic heterocycles. The topological polar surface area (TPSA) is 74.6 Å². The third-order valence-electron chi connectivity index (χ3n) is 4.24. The lowest BCUT2D eigenvalue weighted by Crippen LogP contribution is -2.28. The molecule has 0 aliphatic carbocycles. The van der Waals surface area contributed by atoms with E-state index in [0.29, 0.717) is 18.0 Å². The van der Waals surface area contributed by atoms with E-state index in [2.05, 4.69) is 5.32 Å². The molecule has 0 heterocycles. The van der Waals surface area contributed by atoms with E-state index in [1.165, 1.54) is 0 Å². The number of nitrogens with zero attached hydrogens (tertiary/aromatic N) is 2. The molecule has 0 saturated carbocycles. The maximum atomic E-state index is 12.5. The van der Waals surface area contributed by atoms with Gasteiger partial charge in [-0.25, -0.2) is 0 Å². The summed E-state index contributed by atoms with van der Waals surface area (Å²) in [5.74, 6) is 0.773. The maximum Gasteiger partial charge on any atom is 0.263 e. The highest BCUT2D eigenvalue weighted by Gasteiger charge is 2.16. The normalized spacial score (nSPS) is 11.9. The van der Waals surface area contributed by atoms with Gasteiger partial charge in [0.2, 0.25) is 0 Å². The van der Waals surface area contributed by atoms with Crippen molar-refractivity contribution in [2.45, 2.75) is 19.5 Å². The molecule has 0 spiro atoms.